The van der Waals surface area contributed by atoms with Crippen molar-refractivity contribution in [2.45, 2.75) is 20.0 Å². The van der Waals surface area contributed by atoms with E-state index in [1.807, 2.05) is 55.2 Å². The third-order valence-corrected chi connectivity index (χ3v) is 4.50. The van der Waals surface area contributed by atoms with Crippen LogP contribution in [0.3, 0.4) is 0 Å². The van der Waals surface area contributed by atoms with E-state index in [1.54, 1.807) is 24.9 Å². The summed E-state index contributed by atoms with van der Waals surface area (Å²) in [4.78, 5) is 29.8. The molecule has 1 aromatic heterocycles. The second-order valence-electron chi connectivity index (χ2n) is 7.16. The molecule has 2 aromatic rings. The molecule has 0 aliphatic heterocycles. The second kappa shape index (κ2) is 9.41. The fraction of sp³-hybridized carbons (Fsp3) is 0.429. The molecule has 0 fully saturated rings. The van der Waals surface area contributed by atoms with E-state index in [2.05, 4.69) is 0 Å². The molecule has 1 amide bonds. The number of ether oxygens (including phenoxy) is 1. The van der Waals surface area contributed by atoms with Gasteiger partial charge in [-0.25, -0.2) is 4.79 Å². The zero-order valence-electron chi connectivity index (χ0n) is 17.5. The molecule has 0 saturated carbocycles. The van der Waals surface area contributed by atoms with Crippen molar-refractivity contribution in [3.05, 3.63) is 53.0 Å². The summed E-state index contributed by atoms with van der Waals surface area (Å²) >= 11 is 0. The summed E-state index contributed by atoms with van der Waals surface area (Å²) < 4.78 is 10.3. The van der Waals surface area contributed by atoms with Gasteiger partial charge in [-0.1, -0.05) is 12.1 Å². The minimum Gasteiger partial charge on any atom is -0.465 e. The van der Waals surface area contributed by atoms with E-state index >= 15 is 0 Å². The second-order valence-corrected chi connectivity index (χ2v) is 7.16. The lowest BCUT2D eigenvalue weighted by Gasteiger charge is -2.22. The number of carbonyl (C=O) groups is 2. The molecule has 7 nitrogen and oxygen atoms in total. The number of hydrogen-bond acceptors (Lipinski definition) is 6. The third kappa shape index (κ3) is 5.60. The average Bonchev–Trinajstić information content (AvgIpc) is 3.01. The Labute approximate surface area is 166 Å². The average molecular weight is 387 g/mol. The predicted molar refractivity (Wildman–Crippen MR) is 108 cm³/mol. The minimum atomic E-state index is -0.425. The number of nitrogens with zero attached hydrogens (tertiary/aromatic N) is 3. The van der Waals surface area contributed by atoms with Crippen molar-refractivity contribution in [2.24, 2.45) is 0 Å². The number of amides is 1. The summed E-state index contributed by atoms with van der Waals surface area (Å²) in [6.45, 7) is 2.94. The maximum absolute atomic E-state index is 12.5. The van der Waals surface area contributed by atoms with Gasteiger partial charge in [0.25, 0.3) is 0 Å². The molecule has 28 heavy (non-hydrogen) atoms. The maximum atomic E-state index is 12.5. The van der Waals surface area contributed by atoms with Gasteiger partial charge in [0.05, 0.1) is 20.2 Å². The quantitative estimate of drug-likeness (QED) is 0.649. The van der Waals surface area contributed by atoms with Crippen molar-refractivity contribution >= 4 is 17.6 Å². The van der Waals surface area contributed by atoms with E-state index in [9.17, 15) is 9.59 Å². The number of anilines is 1. The highest BCUT2D eigenvalue weighted by atomic mass is 16.5. The fourth-order valence-electron chi connectivity index (χ4n) is 2.87. The molecular formula is C21H29N3O4. The Kier molecular flexibility index (Phi) is 7.23. The van der Waals surface area contributed by atoms with Crippen LogP contribution >= 0.6 is 0 Å². The SMILES string of the molecule is COC(=O)c1cc(CN(C)CC(=O)N(C)Cc2ccc(N(C)C)cc2)oc1C. The zero-order valence-corrected chi connectivity index (χ0v) is 17.5. The molecule has 0 spiro atoms. The number of furan rings is 1. The van der Waals surface area contributed by atoms with E-state index < -0.39 is 5.97 Å². The molecular weight excluding hydrogens is 358 g/mol. The molecule has 0 saturated heterocycles. The van der Waals surface area contributed by atoms with Crippen LogP contribution in [0.5, 0.6) is 0 Å². The van der Waals surface area contributed by atoms with Gasteiger partial charge in [-0.15, -0.1) is 0 Å². The minimum absolute atomic E-state index is 0.00987. The summed E-state index contributed by atoms with van der Waals surface area (Å²) in [6, 6.07) is 9.81. The van der Waals surface area contributed by atoms with Crippen LogP contribution in [0.1, 0.15) is 27.4 Å². The molecule has 1 aromatic carbocycles. The van der Waals surface area contributed by atoms with Crippen LogP contribution in [0.25, 0.3) is 0 Å². The number of esters is 1. The molecule has 0 aliphatic carbocycles. The number of aryl methyl sites for hydroxylation is 1. The first kappa shape index (κ1) is 21.5. The van der Waals surface area contributed by atoms with Crippen molar-refractivity contribution < 1.29 is 18.7 Å². The summed E-state index contributed by atoms with van der Waals surface area (Å²) in [5, 5.41) is 0. The lowest BCUT2D eigenvalue weighted by atomic mass is 10.2. The van der Waals surface area contributed by atoms with Crippen LogP contribution in [0.2, 0.25) is 0 Å². The largest absolute Gasteiger partial charge is 0.465 e. The van der Waals surface area contributed by atoms with Crippen LogP contribution in [-0.4, -0.2) is 63.5 Å². The van der Waals surface area contributed by atoms with Crippen LogP contribution in [-0.2, 0) is 22.6 Å². The first-order chi connectivity index (χ1) is 13.2. The van der Waals surface area contributed by atoms with Gasteiger partial charge in [0, 0.05) is 33.4 Å². The van der Waals surface area contributed by atoms with E-state index in [0.717, 1.165) is 11.3 Å². The Bertz CT molecular complexity index is 812. The van der Waals surface area contributed by atoms with E-state index in [0.29, 0.717) is 30.2 Å². The predicted octanol–water partition coefficient (Wildman–Crippen LogP) is 2.53. The Morgan fingerprint density at radius 1 is 1.04 bits per heavy atom. The molecule has 152 valence electrons. The molecule has 0 aliphatic rings. The van der Waals surface area contributed by atoms with Crippen molar-refractivity contribution in [3.8, 4) is 0 Å². The fourth-order valence-corrected chi connectivity index (χ4v) is 2.87. The molecule has 0 atom stereocenters. The van der Waals surface area contributed by atoms with Gasteiger partial charge in [0.1, 0.15) is 17.1 Å². The molecule has 0 bridgehead atoms. The number of rotatable bonds is 8. The highest BCUT2D eigenvalue weighted by Crippen LogP contribution is 2.17. The Balaban J connectivity index is 1.90. The van der Waals surface area contributed by atoms with Crippen LogP contribution < -0.4 is 4.90 Å². The molecule has 7 heteroatoms. The molecule has 0 unspecified atom stereocenters. The van der Waals surface area contributed by atoms with Gasteiger partial charge in [-0.2, -0.15) is 0 Å². The van der Waals surface area contributed by atoms with Gasteiger partial charge in [0.15, 0.2) is 0 Å². The van der Waals surface area contributed by atoms with Crippen LogP contribution in [0.15, 0.2) is 34.7 Å². The van der Waals surface area contributed by atoms with Gasteiger partial charge >= 0.3 is 5.97 Å². The van der Waals surface area contributed by atoms with Crippen LogP contribution in [0, 0.1) is 6.92 Å². The first-order valence-electron chi connectivity index (χ1n) is 9.07. The van der Waals surface area contributed by atoms with E-state index in [-0.39, 0.29) is 12.5 Å². The van der Waals surface area contributed by atoms with Gasteiger partial charge < -0.3 is 19.0 Å². The number of benzene rings is 1. The Hall–Kier alpha value is -2.80. The first-order valence-corrected chi connectivity index (χ1v) is 9.07. The summed E-state index contributed by atoms with van der Waals surface area (Å²) in [6.07, 6.45) is 0. The monoisotopic (exact) mass is 387 g/mol. The number of carbonyl (C=O) groups excluding carboxylic acids is 2. The van der Waals surface area contributed by atoms with Crippen molar-refractivity contribution in [3.63, 3.8) is 0 Å². The lowest BCUT2D eigenvalue weighted by Crippen LogP contribution is -2.36. The topological polar surface area (TPSA) is 66.2 Å². The molecule has 0 radical (unpaired) electrons. The zero-order chi connectivity index (χ0) is 20.8. The van der Waals surface area contributed by atoms with Crippen molar-refractivity contribution in [2.75, 3.05) is 46.7 Å². The normalized spacial score (nSPS) is 10.8. The number of methoxy groups -OCH3 is 1. The number of likely N-dealkylation sites (N-methyl/N-ethyl adjacent to an activating group) is 2. The smallest absolute Gasteiger partial charge is 0.341 e. The number of hydrogen-bond donors (Lipinski definition) is 0. The molecule has 1 heterocycles. The summed E-state index contributed by atoms with van der Waals surface area (Å²) in [7, 11) is 8.96. The van der Waals surface area contributed by atoms with Gasteiger partial charge in [0.2, 0.25) is 5.91 Å². The van der Waals surface area contributed by atoms with Crippen molar-refractivity contribution in [1.29, 1.82) is 0 Å². The molecule has 2 rings (SSSR count). The van der Waals surface area contributed by atoms with E-state index in [1.165, 1.54) is 7.11 Å². The Morgan fingerprint density at radius 2 is 1.68 bits per heavy atom. The lowest BCUT2D eigenvalue weighted by molar-refractivity contribution is -0.131. The van der Waals surface area contributed by atoms with Crippen LogP contribution in [0.4, 0.5) is 5.69 Å². The highest BCUT2D eigenvalue weighted by Gasteiger charge is 2.18. The highest BCUT2D eigenvalue weighted by molar-refractivity contribution is 5.90. The molecule has 0 N–H and O–H groups in total. The Morgan fingerprint density at radius 3 is 2.25 bits per heavy atom. The summed E-state index contributed by atoms with van der Waals surface area (Å²) in [5.74, 6) is 0.719. The van der Waals surface area contributed by atoms with Gasteiger partial charge in [-0.05, 0) is 37.7 Å². The summed E-state index contributed by atoms with van der Waals surface area (Å²) in [5.41, 5.74) is 2.61. The maximum Gasteiger partial charge on any atom is 0.341 e. The van der Waals surface area contributed by atoms with Gasteiger partial charge in [-0.3, -0.25) is 9.69 Å². The van der Waals surface area contributed by atoms with E-state index in [4.69, 9.17) is 9.15 Å². The third-order valence-electron chi connectivity index (χ3n) is 4.50. The van der Waals surface area contributed by atoms with Crippen molar-refractivity contribution in [1.82, 2.24) is 9.80 Å². The standard InChI is InChI=1S/C21H29N3O4/c1-15-19(21(26)27-6)11-18(28-15)13-23(4)14-20(25)24(5)12-16-7-9-17(10-8-16)22(2)3/h7-11H,12-14H2,1-6H3.